The second kappa shape index (κ2) is 11.4. The highest BCUT2D eigenvalue weighted by Crippen LogP contribution is 2.47. The Labute approximate surface area is 191 Å². The van der Waals surface area contributed by atoms with Crippen molar-refractivity contribution >= 4 is 12.1 Å². The van der Waals surface area contributed by atoms with Crippen LogP contribution in [0.1, 0.15) is 90.3 Å². The van der Waals surface area contributed by atoms with E-state index in [2.05, 4.69) is 24.4 Å². The summed E-state index contributed by atoms with van der Waals surface area (Å²) in [4.78, 5) is 13.0. The molecule has 2 aliphatic heterocycles. The minimum Gasteiger partial charge on any atom is -0.384 e. The van der Waals surface area contributed by atoms with Crippen LogP contribution in [0.25, 0.3) is 0 Å². The SMILES string of the molecule is CC.CC1CCCc2c(ccc3c2C2(CCN(C=O)CC2)CN3)CC1.COC(C)(C)C. The van der Waals surface area contributed by atoms with Crippen LogP contribution in [0, 0.1) is 5.92 Å². The fourth-order valence-corrected chi connectivity index (χ4v) is 4.97. The van der Waals surface area contributed by atoms with Gasteiger partial charge in [0.2, 0.25) is 6.41 Å². The molecule has 1 aromatic carbocycles. The van der Waals surface area contributed by atoms with Crippen molar-refractivity contribution in [1.82, 2.24) is 4.90 Å². The number of ether oxygens (including phenoxy) is 1. The maximum absolute atomic E-state index is 11.1. The van der Waals surface area contributed by atoms with Crippen molar-refractivity contribution in [2.45, 2.75) is 97.5 Å². The topological polar surface area (TPSA) is 41.6 Å². The molecule has 0 radical (unpaired) electrons. The average Bonchev–Trinajstić information content (AvgIpc) is 3.11. The first-order valence-electron chi connectivity index (χ1n) is 12.4. The lowest BCUT2D eigenvalue weighted by molar-refractivity contribution is -0.119. The van der Waals surface area contributed by atoms with Crippen molar-refractivity contribution in [3.63, 3.8) is 0 Å². The van der Waals surface area contributed by atoms with Crippen LogP contribution in [-0.2, 0) is 27.8 Å². The molecule has 1 saturated heterocycles. The zero-order valence-corrected chi connectivity index (χ0v) is 21.1. The summed E-state index contributed by atoms with van der Waals surface area (Å²) in [5.74, 6) is 0.860. The minimum atomic E-state index is 0.0417. The first-order valence-corrected chi connectivity index (χ1v) is 12.4. The number of rotatable bonds is 1. The number of nitrogens with one attached hydrogen (secondary N) is 1. The van der Waals surface area contributed by atoms with Crippen molar-refractivity contribution in [3.8, 4) is 0 Å². The van der Waals surface area contributed by atoms with Gasteiger partial charge in [0.05, 0.1) is 5.60 Å². The third-order valence-electron chi connectivity index (χ3n) is 7.10. The number of piperidine rings is 1. The van der Waals surface area contributed by atoms with Crippen molar-refractivity contribution < 1.29 is 9.53 Å². The van der Waals surface area contributed by atoms with Crippen LogP contribution in [-0.4, -0.2) is 43.7 Å². The summed E-state index contributed by atoms with van der Waals surface area (Å²) in [6.07, 6.45) is 9.73. The predicted molar refractivity (Wildman–Crippen MR) is 132 cm³/mol. The highest BCUT2D eigenvalue weighted by Gasteiger charge is 2.43. The number of methoxy groups -OCH3 is 1. The lowest BCUT2D eigenvalue weighted by Crippen LogP contribution is -2.43. The third kappa shape index (κ3) is 6.47. The molecule has 1 atom stereocenters. The van der Waals surface area contributed by atoms with Gasteiger partial charge in [-0.1, -0.05) is 33.3 Å². The van der Waals surface area contributed by atoms with Gasteiger partial charge in [-0.05, 0) is 88.0 Å². The van der Waals surface area contributed by atoms with Crippen LogP contribution in [0.15, 0.2) is 12.1 Å². The summed E-state index contributed by atoms with van der Waals surface area (Å²) in [7, 11) is 1.71. The standard InChI is InChI=1S/C20H28N2O.C5H12O.C2H6/c1-15-3-2-4-17-16(6-5-15)7-8-18-19(17)20(13-21-18)9-11-22(14-23)12-10-20;1-5(2,3)6-4;1-2/h7-8,14-15,21H,2-6,9-13H2,1H3;1-4H3;1-2H3. The lowest BCUT2D eigenvalue weighted by Gasteiger charge is -2.39. The molecule has 1 spiro atoms. The summed E-state index contributed by atoms with van der Waals surface area (Å²) < 4.78 is 4.94. The van der Waals surface area contributed by atoms with E-state index in [1.54, 1.807) is 23.8 Å². The summed E-state index contributed by atoms with van der Waals surface area (Å²) in [6.45, 7) is 15.3. The molecule has 0 saturated carbocycles. The second-order valence-electron chi connectivity index (χ2n) is 10.3. The molecule has 4 heteroatoms. The number of hydrogen-bond donors (Lipinski definition) is 1. The van der Waals surface area contributed by atoms with Crippen molar-refractivity contribution in [2.75, 3.05) is 32.1 Å². The van der Waals surface area contributed by atoms with E-state index in [4.69, 9.17) is 4.74 Å². The summed E-state index contributed by atoms with van der Waals surface area (Å²) in [5.41, 5.74) is 6.55. The number of hydrogen-bond acceptors (Lipinski definition) is 3. The number of benzene rings is 1. The predicted octanol–water partition coefficient (Wildman–Crippen LogP) is 5.96. The molecular weight excluding hydrogens is 384 g/mol. The highest BCUT2D eigenvalue weighted by molar-refractivity contribution is 5.66. The van der Waals surface area contributed by atoms with Gasteiger partial charge >= 0.3 is 0 Å². The van der Waals surface area contributed by atoms with Crippen LogP contribution in [0.5, 0.6) is 0 Å². The van der Waals surface area contributed by atoms with Gasteiger partial charge in [-0.15, -0.1) is 0 Å². The van der Waals surface area contributed by atoms with Crippen molar-refractivity contribution in [1.29, 1.82) is 0 Å². The number of carbonyl (C=O) groups is 1. The van der Waals surface area contributed by atoms with Crippen LogP contribution in [0.3, 0.4) is 0 Å². The quantitative estimate of drug-likeness (QED) is 0.559. The Hall–Kier alpha value is -1.55. The number of aryl methyl sites for hydroxylation is 1. The Morgan fingerprint density at radius 2 is 1.77 bits per heavy atom. The van der Waals surface area contributed by atoms with Gasteiger partial charge in [0, 0.05) is 37.8 Å². The number of carbonyl (C=O) groups excluding carboxylic acids is 1. The molecule has 1 fully saturated rings. The van der Waals surface area contributed by atoms with Gasteiger partial charge in [-0.2, -0.15) is 0 Å². The summed E-state index contributed by atoms with van der Waals surface area (Å²) in [5, 5.41) is 3.68. The summed E-state index contributed by atoms with van der Waals surface area (Å²) in [6, 6.07) is 4.69. The average molecular weight is 431 g/mol. The van der Waals surface area contributed by atoms with Crippen LogP contribution >= 0.6 is 0 Å². The smallest absolute Gasteiger partial charge is 0.209 e. The number of anilines is 1. The molecule has 176 valence electrons. The van der Waals surface area contributed by atoms with E-state index in [1.165, 1.54) is 37.8 Å². The van der Waals surface area contributed by atoms with E-state index < -0.39 is 0 Å². The molecular formula is C27H46N2O2. The first-order chi connectivity index (χ1) is 14.8. The molecule has 1 amide bonds. The van der Waals surface area contributed by atoms with Crippen molar-refractivity contribution in [2.24, 2.45) is 5.92 Å². The molecule has 0 bridgehead atoms. The van der Waals surface area contributed by atoms with E-state index in [-0.39, 0.29) is 11.0 Å². The number of nitrogens with zero attached hydrogens (tertiary/aromatic N) is 1. The van der Waals surface area contributed by atoms with E-state index in [0.717, 1.165) is 44.8 Å². The molecule has 4 nitrogen and oxygen atoms in total. The Balaban J connectivity index is 0.000000372. The minimum absolute atomic E-state index is 0.0417. The van der Waals surface area contributed by atoms with E-state index in [0.29, 0.717) is 0 Å². The Bertz CT molecular complexity index is 700. The molecule has 1 unspecified atom stereocenters. The third-order valence-corrected chi connectivity index (χ3v) is 7.10. The highest BCUT2D eigenvalue weighted by atomic mass is 16.5. The van der Waals surface area contributed by atoms with Crippen LogP contribution in [0.4, 0.5) is 5.69 Å². The molecule has 0 aromatic heterocycles. The fourth-order valence-electron chi connectivity index (χ4n) is 4.97. The fraction of sp³-hybridized carbons (Fsp3) is 0.741. The van der Waals surface area contributed by atoms with Gasteiger partial charge in [-0.3, -0.25) is 4.79 Å². The Kier molecular flexibility index (Phi) is 9.42. The molecule has 1 aromatic rings. The maximum atomic E-state index is 11.1. The molecule has 3 aliphatic rings. The largest absolute Gasteiger partial charge is 0.384 e. The van der Waals surface area contributed by atoms with Gasteiger partial charge in [0.25, 0.3) is 0 Å². The van der Waals surface area contributed by atoms with Gasteiger partial charge < -0.3 is 15.0 Å². The number of amides is 1. The molecule has 2 heterocycles. The number of fused-ring (bicyclic) bond motifs is 4. The Morgan fingerprint density at radius 3 is 2.35 bits per heavy atom. The van der Waals surface area contributed by atoms with E-state index in [9.17, 15) is 4.79 Å². The van der Waals surface area contributed by atoms with Crippen molar-refractivity contribution in [3.05, 3.63) is 28.8 Å². The van der Waals surface area contributed by atoms with Gasteiger partial charge in [-0.25, -0.2) is 0 Å². The maximum Gasteiger partial charge on any atom is 0.209 e. The summed E-state index contributed by atoms with van der Waals surface area (Å²) >= 11 is 0. The van der Waals surface area contributed by atoms with Gasteiger partial charge in [0.1, 0.15) is 0 Å². The first kappa shape index (κ1) is 25.7. The monoisotopic (exact) mass is 430 g/mol. The zero-order chi connectivity index (χ0) is 23.1. The molecule has 31 heavy (non-hydrogen) atoms. The molecule has 1 aliphatic carbocycles. The van der Waals surface area contributed by atoms with Gasteiger partial charge in [0.15, 0.2) is 0 Å². The molecule has 4 rings (SSSR count). The van der Waals surface area contributed by atoms with Crippen LogP contribution < -0.4 is 5.32 Å². The normalized spacial score (nSPS) is 21.8. The molecule has 1 N–H and O–H groups in total. The van der Waals surface area contributed by atoms with E-state index in [1.807, 2.05) is 39.5 Å². The zero-order valence-electron chi connectivity index (χ0n) is 21.1. The number of likely N-dealkylation sites (tertiary alicyclic amines) is 1. The lowest BCUT2D eigenvalue weighted by atomic mass is 9.70. The van der Waals surface area contributed by atoms with Crippen LogP contribution in [0.2, 0.25) is 0 Å². The second-order valence-corrected chi connectivity index (χ2v) is 10.3. The van der Waals surface area contributed by atoms with E-state index >= 15 is 0 Å². The Morgan fingerprint density at radius 1 is 1.13 bits per heavy atom.